The van der Waals surface area contributed by atoms with Gasteiger partial charge in [0.05, 0.1) is 0 Å². The SMILES string of the molecule is OB(O)c1ccccc1-c1nn[nH]n1. The van der Waals surface area contributed by atoms with Crippen molar-refractivity contribution >= 4 is 12.6 Å². The number of aromatic nitrogens is 4. The molecule has 0 unspecified atom stereocenters. The van der Waals surface area contributed by atoms with Crippen LogP contribution in [0, 0.1) is 0 Å². The van der Waals surface area contributed by atoms with E-state index >= 15 is 0 Å². The van der Waals surface area contributed by atoms with Gasteiger partial charge in [0.15, 0.2) is 0 Å². The van der Waals surface area contributed by atoms with Crippen molar-refractivity contribution in [2.24, 2.45) is 0 Å². The lowest BCUT2D eigenvalue weighted by atomic mass is 9.77. The van der Waals surface area contributed by atoms with E-state index in [2.05, 4.69) is 20.6 Å². The van der Waals surface area contributed by atoms with Crippen LogP contribution in [0.1, 0.15) is 0 Å². The molecule has 0 saturated carbocycles. The van der Waals surface area contributed by atoms with Crippen molar-refractivity contribution in [2.75, 3.05) is 0 Å². The average molecular weight is 190 g/mol. The smallest absolute Gasteiger partial charge is 0.423 e. The minimum atomic E-state index is -1.54. The molecule has 0 spiro atoms. The van der Waals surface area contributed by atoms with Gasteiger partial charge in [0.2, 0.25) is 5.82 Å². The summed E-state index contributed by atoms with van der Waals surface area (Å²) in [6.07, 6.45) is 0. The van der Waals surface area contributed by atoms with Crippen molar-refractivity contribution in [1.82, 2.24) is 20.6 Å². The molecule has 14 heavy (non-hydrogen) atoms. The Morgan fingerprint density at radius 2 is 2.00 bits per heavy atom. The first-order valence-corrected chi connectivity index (χ1v) is 3.98. The van der Waals surface area contributed by atoms with E-state index in [1.165, 1.54) is 0 Å². The summed E-state index contributed by atoms with van der Waals surface area (Å²) in [6, 6.07) is 6.76. The van der Waals surface area contributed by atoms with Crippen molar-refractivity contribution in [1.29, 1.82) is 0 Å². The molecule has 70 valence electrons. The summed E-state index contributed by atoms with van der Waals surface area (Å²) in [6.45, 7) is 0. The van der Waals surface area contributed by atoms with Gasteiger partial charge in [-0.2, -0.15) is 5.21 Å². The van der Waals surface area contributed by atoms with Crippen LogP contribution in [0.2, 0.25) is 0 Å². The van der Waals surface area contributed by atoms with E-state index in [1.54, 1.807) is 24.3 Å². The van der Waals surface area contributed by atoms with Gasteiger partial charge < -0.3 is 10.0 Å². The fraction of sp³-hybridized carbons (Fsp3) is 0. The number of hydrogen-bond donors (Lipinski definition) is 3. The summed E-state index contributed by atoms with van der Waals surface area (Å²) >= 11 is 0. The summed E-state index contributed by atoms with van der Waals surface area (Å²) in [5, 5.41) is 31.4. The molecule has 3 N–H and O–H groups in total. The average Bonchev–Trinajstić information content (AvgIpc) is 2.70. The van der Waals surface area contributed by atoms with Crippen LogP contribution < -0.4 is 5.46 Å². The topological polar surface area (TPSA) is 94.9 Å². The highest BCUT2D eigenvalue weighted by Gasteiger charge is 2.18. The maximum absolute atomic E-state index is 9.07. The number of hydrogen-bond acceptors (Lipinski definition) is 5. The Kier molecular flexibility index (Phi) is 2.25. The van der Waals surface area contributed by atoms with Gasteiger partial charge in [-0.1, -0.05) is 24.3 Å². The van der Waals surface area contributed by atoms with E-state index in [-0.39, 0.29) is 0 Å². The van der Waals surface area contributed by atoms with E-state index in [1.807, 2.05) is 0 Å². The number of aromatic amines is 1. The molecule has 0 fully saturated rings. The van der Waals surface area contributed by atoms with Crippen molar-refractivity contribution in [3.8, 4) is 11.4 Å². The van der Waals surface area contributed by atoms with Crippen LogP contribution in [0.25, 0.3) is 11.4 Å². The van der Waals surface area contributed by atoms with Gasteiger partial charge in [-0.3, -0.25) is 0 Å². The normalized spacial score (nSPS) is 10.1. The third kappa shape index (κ3) is 1.50. The minimum Gasteiger partial charge on any atom is -0.423 e. The summed E-state index contributed by atoms with van der Waals surface area (Å²) in [4.78, 5) is 0. The second-order valence-corrected chi connectivity index (χ2v) is 2.70. The van der Waals surface area contributed by atoms with Crippen LogP contribution in [-0.2, 0) is 0 Å². The van der Waals surface area contributed by atoms with Crippen molar-refractivity contribution < 1.29 is 10.0 Å². The number of H-pyrrole nitrogens is 1. The van der Waals surface area contributed by atoms with Crippen LogP contribution in [0.3, 0.4) is 0 Å². The Balaban J connectivity index is 2.53. The number of nitrogens with one attached hydrogen (secondary N) is 1. The van der Waals surface area contributed by atoms with Gasteiger partial charge in [-0.15, -0.1) is 10.2 Å². The molecule has 0 aliphatic heterocycles. The summed E-state index contributed by atoms with van der Waals surface area (Å²) in [7, 11) is -1.54. The maximum Gasteiger partial charge on any atom is 0.489 e. The molecule has 0 atom stereocenters. The monoisotopic (exact) mass is 190 g/mol. The van der Waals surface area contributed by atoms with Crippen LogP contribution in [-0.4, -0.2) is 37.8 Å². The maximum atomic E-state index is 9.07. The molecule has 0 aliphatic rings. The molecule has 1 aromatic carbocycles. The fourth-order valence-corrected chi connectivity index (χ4v) is 1.20. The highest BCUT2D eigenvalue weighted by atomic mass is 16.4. The molecule has 0 aliphatic carbocycles. The highest BCUT2D eigenvalue weighted by Crippen LogP contribution is 2.09. The van der Waals surface area contributed by atoms with Gasteiger partial charge in [0, 0.05) is 5.56 Å². The zero-order valence-electron chi connectivity index (χ0n) is 7.12. The van der Waals surface area contributed by atoms with Crippen molar-refractivity contribution in [3.63, 3.8) is 0 Å². The lowest BCUT2D eigenvalue weighted by molar-refractivity contribution is 0.426. The van der Waals surface area contributed by atoms with Crippen LogP contribution >= 0.6 is 0 Å². The molecule has 0 radical (unpaired) electrons. The number of nitrogens with zero attached hydrogens (tertiary/aromatic N) is 3. The largest absolute Gasteiger partial charge is 0.489 e. The second kappa shape index (κ2) is 3.56. The first kappa shape index (κ1) is 8.85. The molecule has 1 aromatic heterocycles. The van der Waals surface area contributed by atoms with E-state index in [4.69, 9.17) is 10.0 Å². The number of tetrazole rings is 1. The minimum absolute atomic E-state index is 0.341. The van der Waals surface area contributed by atoms with Gasteiger partial charge in [0.25, 0.3) is 0 Å². The molecule has 2 rings (SSSR count). The lowest BCUT2D eigenvalue weighted by Gasteiger charge is -2.03. The Morgan fingerprint density at radius 3 is 2.64 bits per heavy atom. The second-order valence-electron chi connectivity index (χ2n) is 2.70. The quantitative estimate of drug-likeness (QED) is 0.503. The predicted molar refractivity (Wildman–Crippen MR) is 49.4 cm³/mol. The van der Waals surface area contributed by atoms with Crippen LogP contribution in [0.4, 0.5) is 0 Å². The fourth-order valence-electron chi connectivity index (χ4n) is 1.20. The summed E-state index contributed by atoms with van der Waals surface area (Å²) in [5.74, 6) is 0.341. The molecule has 0 amide bonds. The molecule has 7 heteroatoms. The predicted octanol–water partition coefficient (Wildman–Crippen LogP) is -1.45. The van der Waals surface area contributed by atoms with Crippen molar-refractivity contribution in [3.05, 3.63) is 24.3 Å². The number of benzene rings is 1. The zero-order chi connectivity index (χ0) is 9.97. The standard InChI is InChI=1S/C7H7BN4O2/c13-8(14)6-4-2-1-3-5(6)7-9-11-12-10-7/h1-4,13-14H,(H,9,10,11,12). The van der Waals surface area contributed by atoms with E-state index in [0.29, 0.717) is 16.9 Å². The lowest BCUT2D eigenvalue weighted by Crippen LogP contribution is -2.31. The molecular weight excluding hydrogens is 183 g/mol. The van der Waals surface area contributed by atoms with Crippen LogP contribution in [0.5, 0.6) is 0 Å². The van der Waals surface area contributed by atoms with Gasteiger partial charge in [-0.25, -0.2) is 0 Å². The van der Waals surface area contributed by atoms with E-state index in [9.17, 15) is 0 Å². The van der Waals surface area contributed by atoms with Crippen molar-refractivity contribution in [2.45, 2.75) is 0 Å². The first-order chi connectivity index (χ1) is 6.79. The Labute approximate surface area is 79.7 Å². The molecule has 2 aromatic rings. The molecule has 0 saturated heterocycles. The molecule has 1 heterocycles. The Hall–Kier alpha value is -1.73. The van der Waals surface area contributed by atoms with Gasteiger partial charge in [0.1, 0.15) is 0 Å². The zero-order valence-corrected chi connectivity index (χ0v) is 7.12. The van der Waals surface area contributed by atoms with Gasteiger partial charge >= 0.3 is 7.12 Å². The Bertz CT molecular complexity index is 417. The molecule has 6 nitrogen and oxygen atoms in total. The van der Waals surface area contributed by atoms with Crippen LogP contribution in [0.15, 0.2) is 24.3 Å². The molecule has 0 bridgehead atoms. The Morgan fingerprint density at radius 1 is 1.21 bits per heavy atom. The first-order valence-electron chi connectivity index (χ1n) is 3.98. The molecular formula is C7H7BN4O2. The number of rotatable bonds is 2. The highest BCUT2D eigenvalue weighted by molar-refractivity contribution is 6.60. The van der Waals surface area contributed by atoms with Gasteiger partial charge in [-0.05, 0) is 10.7 Å². The third-order valence-electron chi connectivity index (χ3n) is 1.83. The third-order valence-corrected chi connectivity index (χ3v) is 1.83. The summed E-state index contributed by atoms with van der Waals surface area (Å²) in [5.41, 5.74) is 0.908. The van der Waals surface area contributed by atoms with E-state index < -0.39 is 7.12 Å². The van der Waals surface area contributed by atoms with E-state index in [0.717, 1.165) is 0 Å². The summed E-state index contributed by atoms with van der Waals surface area (Å²) < 4.78 is 0.